The monoisotopic (exact) mass is 317 g/mol. The Kier molecular flexibility index (Phi) is 6.51. The Morgan fingerprint density at radius 1 is 0.810 bits per heavy atom. The topological polar surface area (TPSA) is 66.4 Å². The summed E-state index contributed by atoms with van der Waals surface area (Å²) in [6.07, 6.45) is 11.3. The van der Waals surface area contributed by atoms with Gasteiger partial charge in [-0.1, -0.05) is 38.5 Å². The van der Waals surface area contributed by atoms with Crippen LogP contribution in [0.25, 0.3) is 0 Å². The molecule has 1 saturated heterocycles. The summed E-state index contributed by atoms with van der Waals surface area (Å²) < 4.78 is 41.3. The third-order valence-corrected chi connectivity index (χ3v) is 6.78. The molecule has 1 aliphatic carbocycles. The van der Waals surface area contributed by atoms with Gasteiger partial charge in [0.1, 0.15) is 0 Å². The summed E-state index contributed by atoms with van der Waals surface area (Å²) in [6.45, 7) is 1.52. The fraction of sp³-hybridized carbons (Fsp3) is 1.00. The SMILES string of the molecule is O=S(=O)([O-])C1CCCCCCOCCCC12CCCCC2. The van der Waals surface area contributed by atoms with Crippen LogP contribution in [-0.4, -0.2) is 31.4 Å². The lowest BCUT2D eigenvalue weighted by Crippen LogP contribution is -2.42. The Morgan fingerprint density at radius 2 is 1.38 bits per heavy atom. The molecule has 21 heavy (non-hydrogen) atoms. The first-order chi connectivity index (χ1) is 10.0. The molecule has 1 heterocycles. The van der Waals surface area contributed by atoms with E-state index in [1.807, 2.05) is 0 Å². The van der Waals surface area contributed by atoms with Gasteiger partial charge in [0.15, 0.2) is 0 Å². The summed E-state index contributed by atoms with van der Waals surface area (Å²) in [7, 11) is -4.21. The van der Waals surface area contributed by atoms with E-state index in [1.54, 1.807) is 0 Å². The number of hydrogen-bond donors (Lipinski definition) is 0. The minimum atomic E-state index is -4.21. The van der Waals surface area contributed by atoms with Gasteiger partial charge < -0.3 is 9.29 Å². The lowest BCUT2D eigenvalue weighted by molar-refractivity contribution is 0.0909. The van der Waals surface area contributed by atoms with Crippen molar-refractivity contribution in [1.29, 1.82) is 0 Å². The standard InChI is InChI=1S/C16H30O4S/c17-21(18,19)15-9-4-1-2-7-13-20-14-8-12-16(15)10-5-3-6-11-16/h15H,1-14H2,(H,17,18,19)/p-1. The van der Waals surface area contributed by atoms with Crippen molar-refractivity contribution in [2.45, 2.75) is 82.3 Å². The molecule has 0 bridgehead atoms. The highest BCUT2D eigenvalue weighted by atomic mass is 32.2. The quantitative estimate of drug-likeness (QED) is 0.693. The molecule has 1 atom stereocenters. The second kappa shape index (κ2) is 7.93. The first kappa shape index (κ1) is 17.2. The molecule has 1 spiro atoms. The zero-order valence-corrected chi connectivity index (χ0v) is 13.8. The van der Waals surface area contributed by atoms with Crippen molar-refractivity contribution in [1.82, 2.24) is 0 Å². The highest BCUT2D eigenvalue weighted by molar-refractivity contribution is 7.86. The first-order valence-corrected chi connectivity index (χ1v) is 10.0. The van der Waals surface area contributed by atoms with Crippen molar-refractivity contribution < 1.29 is 17.7 Å². The molecule has 0 aromatic rings. The maximum Gasteiger partial charge on any atom is 0.0980 e. The van der Waals surface area contributed by atoms with E-state index in [1.165, 1.54) is 6.42 Å². The van der Waals surface area contributed by atoms with Crippen LogP contribution in [0.3, 0.4) is 0 Å². The predicted molar refractivity (Wildman–Crippen MR) is 82.1 cm³/mol. The molecule has 0 amide bonds. The van der Waals surface area contributed by atoms with Crippen LogP contribution in [0.15, 0.2) is 0 Å². The summed E-state index contributed by atoms with van der Waals surface area (Å²) in [4.78, 5) is 0. The van der Waals surface area contributed by atoms with Crippen molar-refractivity contribution in [3.8, 4) is 0 Å². The zero-order valence-electron chi connectivity index (χ0n) is 13.0. The fourth-order valence-electron chi connectivity index (χ4n) is 4.26. The van der Waals surface area contributed by atoms with Crippen LogP contribution in [0, 0.1) is 5.41 Å². The molecule has 0 radical (unpaired) electrons. The highest BCUT2D eigenvalue weighted by Gasteiger charge is 2.42. The highest BCUT2D eigenvalue weighted by Crippen LogP contribution is 2.47. The molecule has 1 saturated carbocycles. The minimum Gasteiger partial charge on any atom is -0.748 e. The van der Waals surface area contributed by atoms with Crippen LogP contribution in [0.1, 0.15) is 77.0 Å². The second-order valence-electron chi connectivity index (χ2n) is 6.82. The summed E-state index contributed by atoms with van der Waals surface area (Å²) >= 11 is 0. The second-order valence-corrected chi connectivity index (χ2v) is 8.38. The lowest BCUT2D eigenvalue weighted by atomic mass is 9.68. The molecule has 2 rings (SSSR count). The Balaban J connectivity index is 2.17. The van der Waals surface area contributed by atoms with E-state index in [0.717, 1.165) is 70.8 Å². The maximum absolute atomic E-state index is 11.9. The lowest BCUT2D eigenvalue weighted by Gasteiger charge is -2.45. The van der Waals surface area contributed by atoms with Crippen molar-refractivity contribution in [2.24, 2.45) is 5.41 Å². The molecule has 4 nitrogen and oxygen atoms in total. The van der Waals surface area contributed by atoms with Gasteiger partial charge in [-0.15, -0.1) is 0 Å². The largest absolute Gasteiger partial charge is 0.748 e. The van der Waals surface area contributed by atoms with E-state index in [-0.39, 0.29) is 5.41 Å². The van der Waals surface area contributed by atoms with E-state index in [4.69, 9.17) is 4.74 Å². The average molecular weight is 317 g/mol. The van der Waals surface area contributed by atoms with Gasteiger partial charge in [-0.25, -0.2) is 8.42 Å². The summed E-state index contributed by atoms with van der Waals surface area (Å²) in [6, 6.07) is 0. The minimum absolute atomic E-state index is 0.276. The van der Waals surface area contributed by atoms with Gasteiger partial charge in [0.25, 0.3) is 0 Å². The molecule has 0 N–H and O–H groups in total. The number of hydrogen-bond acceptors (Lipinski definition) is 4. The van der Waals surface area contributed by atoms with Crippen LogP contribution in [0.4, 0.5) is 0 Å². The van der Waals surface area contributed by atoms with Gasteiger partial charge in [-0.3, -0.25) is 0 Å². The summed E-state index contributed by atoms with van der Waals surface area (Å²) in [5.74, 6) is 0. The molecular weight excluding hydrogens is 288 g/mol. The third kappa shape index (κ3) is 4.93. The Bertz CT molecular complexity index is 399. The molecule has 1 aliphatic heterocycles. The number of rotatable bonds is 1. The van der Waals surface area contributed by atoms with Gasteiger partial charge in [0.2, 0.25) is 0 Å². The summed E-state index contributed by atoms with van der Waals surface area (Å²) in [5.41, 5.74) is -0.276. The van der Waals surface area contributed by atoms with Gasteiger partial charge in [0, 0.05) is 13.2 Å². The predicted octanol–water partition coefficient (Wildman–Crippen LogP) is 3.61. The van der Waals surface area contributed by atoms with Gasteiger partial charge >= 0.3 is 0 Å². The molecule has 5 heteroatoms. The maximum atomic E-state index is 11.9. The Labute approximate surface area is 129 Å². The van der Waals surface area contributed by atoms with Crippen molar-refractivity contribution >= 4 is 10.1 Å². The van der Waals surface area contributed by atoms with Gasteiger partial charge in [0.05, 0.1) is 15.4 Å². The van der Waals surface area contributed by atoms with Crippen LogP contribution in [0.5, 0.6) is 0 Å². The van der Waals surface area contributed by atoms with E-state index in [9.17, 15) is 13.0 Å². The van der Waals surface area contributed by atoms with Gasteiger partial charge in [-0.2, -0.15) is 0 Å². The fourth-order valence-corrected chi connectivity index (χ4v) is 5.68. The zero-order chi connectivity index (χ0) is 15.2. The van der Waals surface area contributed by atoms with E-state index >= 15 is 0 Å². The van der Waals surface area contributed by atoms with Crippen LogP contribution in [0.2, 0.25) is 0 Å². The normalized spacial score (nSPS) is 29.5. The molecule has 0 aromatic heterocycles. The molecule has 2 fully saturated rings. The van der Waals surface area contributed by atoms with Gasteiger partial charge in [-0.05, 0) is 43.9 Å². The molecule has 1 unspecified atom stereocenters. The van der Waals surface area contributed by atoms with Crippen LogP contribution >= 0.6 is 0 Å². The van der Waals surface area contributed by atoms with E-state index in [2.05, 4.69) is 0 Å². The van der Waals surface area contributed by atoms with Crippen molar-refractivity contribution in [3.05, 3.63) is 0 Å². The summed E-state index contributed by atoms with van der Waals surface area (Å²) in [5, 5.41) is -0.676. The Hall–Kier alpha value is -0.130. The smallest absolute Gasteiger partial charge is 0.0980 e. The van der Waals surface area contributed by atoms with Crippen molar-refractivity contribution in [2.75, 3.05) is 13.2 Å². The van der Waals surface area contributed by atoms with Crippen molar-refractivity contribution in [3.63, 3.8) is 0 Å². The average Bonchev–Trinajstić information content (AvgIpc) is 2.42. The molecular formula is C16H29O4S-. The van der Waals surface area contributed by atoms with E-state index in [0.29, 0.717) is 13.0 Å². The molecule has 0 aromatic carbocycles. The van der Waals surface area contributed by atoms with Crippen LogP contribution < -0.4 is 0 Å². The number of ether oxygens (including phenoxy) is 1. The van der Waals surface area contributed by atoms with Crippen LogP contribution in [-0.2, 0) is 14.9 Å². The molecule has 2 aliphatic rings. The first-order valence-electron chi connectivity index (χ1n) is 8.57. The third-order valence-electron chi connectivity index (χ3n) is 5.35. The molecule has 124 valence electrons. The van der Waals surface area contributed by atoms with E-state index < -0.39 is 15.4 Å². The Morgan fingerprint density at radius 3 is 2.10 bits per heavy atom.